The number of hydrogen-bond acceptors (Lipinski definition) is 4. The monoisotopic (exact) mass is 387 g/mol. The van der Waals surface area contributed by atoms with Crippen molar-refractivity contribution < 1.29 is 19.4 Å². The average Bonchev–Trinajstić information content (AvgIpc) is 2.96. The highest BCUT2D eigenvalue weighted by atomic mass is 16.5. The molecule has 1 N–H and O–H groups in total. The third-order valence-corrected chi connectivity index (χ3v) is 5.24. The number of amides is 1. The fraction of sp³-hybridized carbons (Fsp3) is 0.167. The van der Waals surface area contributed by atoms with Crippen LogP contribution in [0.25, 0.3) is 0 Å². The van der Waals surface area contributed by atoms with Gasteiger partial charge in [0.1, 0.15) is 5.75 Å². The van der Waals surface area contributed by atoms with Crippen molar-refractivity contribution in [1.29, 1.82) is 0 Å². The number of benzene rings is 3. The van der Waals surface area contributed by atoms with Gasteiger partial charge in [-0.25, -0.2) is 0 Å². The fourth-order valence-electron chi connectivity index (χ4n) is 3.71. The maximum absolute atomic E-state index is 13.3. The van der Waals surface area contributed by atoms with Crippen molar-refractivity contribution in [3.63, 3.8) is 0 Å². The molecule has 4 rings (SSSR count). The molecule has 3 aromatic rings. The summed E-state index contributed by atoms with van der Waals surface area (Å²) >= 11 is 0. The normalized spacial score (nSPS) is 17.9. The fourth-order valence-corrected chi connectivity index (χ4v) is 3.71. The molecule has 0 radical (unpaired) electrons. The van der Waals surface area contributed by atoms with Crippen LogP contribution in [0.5, 0.6) is 5.75 Å². The van der Waals surface area contributed by atoms with Gasteiger partial charge in [-0.3, -0.25) is 9.59 Å². The number of carbonyl (C=O) groups is 2. The number of ether oxygens (including phenoxy) is 1. The summed E-state index contributed by atoms with van der Waals surface area (Å²) in [6, 6.07) is 23.3. The van der Waals surface area contributed by atoms with Crippen LogP contribution in [-0.2, 0) is 16.9 Å². The van der Waals surface area contributed by atoms with Gasteiger partial charge >= 0.3 is 0 Å². The molecule has 3 aromatic carbocycles. The largest absolute Gasteiger partial charge is 0.497 e. The van der Waals surface area contributed by atoms with Gasteiger partial charge in [-0.1, -0.05) is 60.7 Å². The van der Waals surface area contributed by atoms with E-state index in [9.17, 15) is 14.7 Å². The lowest BCUT2D eigenvalue weighted by atomic mass is 9.88. The van der Waals surface area contributed by atoms with Gasteiger partial charge in [-0.05, 0) is 17.7 Å². The molecule has 0 unspecified atom stereocenters. The summed E-state index contributed by atoms with van der Waals surface area (Å²) in [5.41, 5.74) is 0.451. The number of aliphatic hydroxyl groups is 1. The van der Waals surface area contributed by atoms with Crippen LogP contribution in [-0.4, -0.2) is 23.9 Å². The van der Waals surface area contributed by atoms with Crippen LogP contribution in [0.4, 0.5) is 5.69 Å². The van der Waals surface area contributed by atoms with Crippen molar-refractivity contribution in [3.8, 4) is 5.75 Å². The van der Waals surface area contributed by atoms with Crippen molar-refractivity contribution in [2.75, 3.05) is 12.0 Å². The van der Waals surface area contributed by atoms with E-state index in [1.807, 2.05) is 36.4 Å². The summed E-state index contributed by atoms with van der Waals surface area (Å²) in [5.74, 6) is -0.216. The molecule has 5 nitrogen and oxygen atoms in total. The Labute approximate surface area is 169 Å². The van der Waals surface area contributed by atoms with E-state index in [0.29, 0.717) is 29.1 Å². The lowest BCUT2D eigenvalue weighted by Crippen LogP contribution is -2.41. The van der Waals surface area contributed by atoms with Gasteiger partial charge in [0, 0.05) is 17.2 Å². The van der Waals surface area contributed by atoms with Crippen molar-refractivity contribution in [1.82, 2.24) is 0 Å². The molecular formula is C24H21NO4. The van der Waals surface area contributed by atoms with E-state index < -0.39 is 11.5 Å². The second-order valence-electron chi connectivity index (χ2n) is 7.09. The Morgan fingerprint density at radius 2 is 1.66 bits per heavy atom. The summed E-state index contributed by atoms with van der Waals surface area (Å²) in [4.78, 5) is 27.7. The molecule has 1 atom stereocenters. The van der Waals surface area contributed by atoms with E-state index >= 15 is 0 Å². The molecule has 1 aliphatic heterocycles. The van der Waals surface area contributed by atoms with Gasteiger partial charge in [-0.15, -0.1) is 0 Å². The topological polar surface area (TPSA) is 66.8 Å². The number of fused-ring (bicyclic) bond motifs is 1. The molecule has 5 heteroatoms. The highest BCUT2D eigenvalue weighted by Crippen LogP contribution is 2.45. The molecule has 0 spiro atoms. The van der Waals surface area contributed by atoms with Gasteiger partial charge in [-0.2, -0.15) is 0 Å². The minimum atomic E-state index is -1.91. The zero-order chi connectivity index (χ0) is 20.4. The molecule has 0 bridgehead atoms. The van der Waals surface area contributed by atoms with Gasteiger partial charge in [0.25, 0.3) is 5.91 Å². The van der Waals surface area contributed by atoms with E-state index in [1.165, 1.54) is 4.90 Å². The summed E-state index contributed by atoms with van der Waals surface area (Å²) in [7, 11) is 1.55. The van der Waals surface area contributed by atoms with Crippen molar-refractivity contribution in [2.24, 2.45) is 0 Å². The minimum absolute atomic E-state index is 0.287. The first-order chi connectivity index (χ1) is 14.0. The summed E-state index contributed by atoms with van der Waals surface area (Å²) < 4.78 is 5.31. The van der Waals surface area contributed by atoms with Crippen molar-refractivity contribution in [2.45, 2.75) is 18.6 Å². The van der Waals surface area contributed by atoms with E-state index in [-0.39, 0.29) is 12.2 Å². The number of hydrogen-bond donors (Lipinski definition) is 1. The molecule has 0 aromatic heterocycles. The Morgan fingerprint density at radius 1 is 1.00 bits per heavy atom. The second-order valence-corrected chi connectivity index (χ2v) is 7.09. The number of Topliss-reactive ketones (excluding diaryl/α,β-unsaturated/α-hetero) is 1. The molecule has 29 heavy (non-hydrogen) atoms. The molecule has 1 amide bonds. The Balaban J connectivity index is 1.73. The number of carbonyl (C=O) groups excluding carboxylic acids is 2. The van der Waals surface area contributed by atoms with Gasteiger partial charge in [0.05, 0.1) is 25.8 Å². The first-order valence-corrected chi connectivity index (χ1v) is 9.38. The number of ketones is 1. The standard InChI is InChI=1S/C24H21NO4/c1-29-19-12-13-20-21(14-19)25(16-17-8-4-2-5-9-17)23(27)24(20,28)15-22(26)18-10-6-3-7-11-18/h2-14,28H,15-16H2,1H3/t24-/m0/s1. The van der Waals surface area contributed by atoms with Crippen LogP contribution >= 0.6 is 0 Å². The van der Waals surface area contributed by atoms with Crippen LogP contribution in [0.15, 0.2) is 78.9 Å². The smallest absolute Gasteiger partial charge is 0.264 e. The van der Waals surface area contributed by atoms with Crippen molar-refractivity contribution >= 4 is 17.4 Å². The van der Waals surface area contributed by atoms with Crippen LogP contribution in [0.3, 0.4) is 0 Å². The number of nitrogens with zero attached hydrogens (tertiary/aromatic N) is 1. The molecule has 1 aliphatic rings. The van der Waals surface area contributed by atoms with Gasteiger partial charge < -0.3 is 14.7 Å². The van der Waals surface area contributed by atoms with Crippen LogP contribution in [0.1, 0.15) is 27.9 Å². The number of methoxy groups -OCH3 is 1. The first-order valence-electron chi connectivity index (χ1n) is 9.38. The van der Waals surface area contributed by atoms with Crippen LogP contribution in [0, 0.1) is 0 Å². The SMILES string of the molecule is COc1ccc2c(c1)N(Cc1ccccc1)C(=O)[C@]2(O)CC(=O)c1ccccc1. The third-order valence-electron chi connectivity index (χ3n) is 5.24. The zero-order valence-electron chi connectivity index (χ0n) is 16.0. The van der Waals surface area contributed by atoms with E-state index in [0.717, 1.165) is 5.56 Å². The summed E-state index contributed by atoms with van der Waals surface area (Å²) in [5, 5.41) is 11.4. The molecule has 0 saturated carbocycles. The molecular weight excluding hydrogens is 366 g/mol. The molecule has 0 aliphatic carbocycles. The Bertz CT molecular complexity index is 1050. The highest BCUT2D eigenvalue weighted by Gasteiger charge is 2.51. The van der Waals surface area contributed by atoms with Gasteiger partial charge in [0.2, 0.25) is 0 Å². The predicted octanol–water partition coefficient (Wildman–Crippen LogP) is 3.70. The third kappa shape index (κ3) is 3.41. The molecule has 1 heterocycles. The minimum Gasteiger partial charge on any atom is -0.497 e. The number of rotatable bonds is 6. The van der Waals surface area contributed by atoms with Crippen LogP contribution in [0.2, 0.25) is 0 Å². The van der Waals surface area contributed by atoms with Crippen molar-refractivity contribution in [3.05, 3.63) is 95.6 Å². The lowest BCUT2D eigenvalue weighted by Gasteiger charge is -2.23. The summed E-state index contributed by atoms with van der Waals surface area (Å²) in [6.07, 6.45) is -0.319. The Hall–Kier alpha value is -3.44. The first kappa shape index (κ1) is 18.9. The van der Waals surface area contributed by atoms with E-state index in [2.05, 4.69) is 0 Å². The molecule has 146 valence electrons. The lowest BCUT2D eigenvalue weighted by molar-refractivity contribution is -0.136. The molecule has 0 fully saturated rings. The predicted molar refractivity (Wildman–Crippen MR) is 110 cm³/mol. The second kappa shape index (κ2) is 7.53. The number of anilines is 1. The maximum atomic E-state index is 13.3. The quantitative estimate of drug-likeness (QED) is 0.655. The molecule has 0 saturated heterocycles. The van der Waals surface area contributed by atoms with E-state index in [1.54, 1.807) is 49.6 Å². The van der Waals surface area contributed by atoms with Gasteiger partial charge in [0.15, 0.2) is 11.4 Å². The summed E-state index contributed by atoms with van der Waals surface area (Å²) in [6.45, 7) is 0.293. The highest BCUT2D eigenvalue weighted by molar-refractivity contribution is 6.10. The maximum Gasteiger partial charge on any atom is 0.264 e. The van der Waals surface area contributed by atoms with E-state index in [4.69, 9.17) is 4.74 Å². The Morgan fingerprint density at radius 3 is 2.31 bits per heavy atom. The average molecular weight is 387 g/mol. The Kier molecular flexibility index (Phi) is 4.91. The van der Waals surface area contributed by atoms with Crippen LogP contribution < -0.4 is 9.64 Å². The zero-order valence-corrected chi connectivity index (χ0v) is 16.0.